The molecule has 0 saturated heterocycles. The van der Waals surface area contributed by atoms with Gasteiger partial charge >= 0.3 is 0 Å². The minimum absolute atomic E-state index is 0.210. The Hall–Kier alpha value is -0.940. The average Bonchev–Trinajstić information content (AvgIpc) is 2.04. The molecule has 0 aliphatic heterocycles. The summed E-state index contributed by atoms with van der Waals surface area (Å²) in [4.78, 5) is 15.1. The van der Waals surface area contributed by atoms with E-state index in [0.29, 0.717) is 10.3 Å². The van der Waals surface area contributed by atoms with Crippen LogP contribution in [0.5, 0.6) is 0 Å². The molecule has 0 aliphatic carbocycles. The number of rotatable bonds is 2. The Balaban J connectivity index is 2.69. The van der Waals surface area contributed by atoms with Crippen molar-refractivity contribution in [2.75, 3.05) is 5.32 Å². The van der Waals surface area contributed by atoms with E-state index in [1.54, 1.807) is 25.3 Å². The number of halogens is 1. The zero-order valence-electron chi connectivity index (χ0n) is 7.12. The number of amides is 1. The fraction of sp³-hybridized carbons (Fsp3) is 0.250. The fourth-order valence-corrected chi connectivity index (χ4v) is 1.10. The molecule has 0 aliphatic rings. The number of nitrogens with one attached hydrogen (secondary N) is 1. The summed E-state index contributed by atoms with van der Waals surface area (Å²) in [5, 5.41) is 2.65. The van der Waals surface area contributed by atoms with E-state index < -0.39 is 6.04 Å². The number of hydrogen-bond donors (Lipinski definition) is 2. The molecule has 70 valence electrons. The van der Waals surface area contributed by atoms with Gasteiger partial charge in [-0.2, -0.15) is 0 Å². The number of nitrogens with zero attached hydrogens (tertiary/aromatic N) is 1. The van der Waals surface area contributed by atoms with Crippen LogP contribution < -0.4 is 11.1 Å². The van der Waals surface area contributed by atoms with Crippen molar-refractivity contribution in [3.63, 3.8) is 0 Å². The van der Waals surface area contributed by atoms with Gasteiger partial charge in [-0.15, -0.1) is 0 Å². The molecule has 1 rings (SSSR count). The highest BCUT2D eigenvalue weighted by atomic mass is 79.9. The minimum atomic E-state index is -0.507. The third-order valence-electron chi connectivity index (χ3n) is 1.41. The van der Waals surface area contributed by atoms with Gasteiger partial charge in [0.05, 0.1) is 6.04 Å². The second kappa shape index (κ2) is 4.34. The number of hydrogen-bond acceptors (Lipinski definition) is 3. The lowest BCUT2D eigenvalue weighted by molar-refractivity contribution is -0.117. The molecule has 0 saturated carbocycles. The van der Waals surface area contributed by atoms with Crippen molar-refractivity contribution >= 4 is 27.5 Å². The Morgan fingerprint density at radius 2 is 2.46 bits per heavy atom. The van der Waals surface area contributed by atoms with Crippen LogP contribution in [0.25, 0.3) is 0 Å². The van der Waals surface area contributed by atoms with E-state index in [1.807, 2.05) is 0 Å². The Bertz CT molecular complexity index is 314. The van der Waals surface area contributed by atoms with Crippen LogP contribution in [0, 0.1) is 0 Å². The largest absolute Gasteiger partial charge is 0.325 e. The molecule has 0 unspecified atom stereocenters. The molecule has 0 spiro atoms. The van der Waals surface area contributed by atoms with Crippen LogP contribution in [0.15, 0.2) is 22.9 Å². The highest BCUT2D eigenvalue weighted by molar-refractivity contribution is 9.10. The maximum atomic E-state index is 11.2. The first-order chi connectivity index (χ1) is 6.09. The van der Waals surface area contributed by atoms with E-state index in [4.69, 9.17) is 5.73 Å². The average molecular weight is 244 g/mol. The number of carbonyl (C=O) groups excluding carboxylic acids is 1. The molecule has 1 aromatic heterocycles. The molecule has 1 heterocycles. The SMILES string of the molecule is C[C@H](N)C(=O)Nc1ccnc(Br)c1. The summed E-state index contributed by atoms with van der Waals surface area (Å²) >= 11 is 3.20. The third-order valence-corrected chi connectivity index (χ3v) is 1.84. The maximum absolute atomic E-state index is 11.2. The molecule has 0 fully saturated rings. The number of carbonyl (C=O) groups is 1. The maximum Gasteiger partial charge on any atom is 0.241 e. The number of anilines is 1. The first-order valence-corrected chi connectivity index (χ1v) is 4.57. The van der Waals surface area contributed by atoms with Crippen molar-refractivity contribution in [3.05, 3.63) is 22.9 Å². The summed E-state index contributed by atoms with van der Waals surface area (Å²) in [7, 11) is 0. The molecule has 0 bridgehead atoms. The highest BCUT2D eigenvalue weighted by Gasteiger charge is 2.06. The Morgan fingerprint density at radius 3 is 3.00 bits per heavy atom. The van der Waals surface area contributed by atoms with Gasteiger partial charge in [-0.25, -0.2) is 4.98 Å². The van der Waals surface area contributed by atoms with E-state index >= 15 is 0 Å². The molecular formula is C8H10BrN3O. The number of pyridine rings is 1. The Kier molecular flexibility index (Phi) is 3.39. The van der Waals surface area contributed by atoms with Gasteiger partial charge < -0.3 is 11.1 Å². The lowest BCUT2D eigenvalue weighted by Gasteiger charge is -2.06. The van der Waals surface area contributed by atoms with Crippen LogP contribution in [-0.2, 0) is 4.79 Å². The van der Waals surface area contributed by atoms with E-state index in [-0.39, 0.29) is 5.91 Å². The van der Waals surface area contributed by atoms with E-state index in [9.17, 15) is 4.79 Å². The second-order valence-electron chi connectivity index (χ2n) is 2.65. The molecule has 0 radical (unpaired) electrons. The van der Waals surface area contributed by atoms with Gasteiger partial charge in [0.1, 0.15) is 4.60 Å². The molecule has 1 atom stereocenters. The van der Waals surface area contributed by atoms with Crippen molar-refractivity contribution in [1.29, 1.82) is 0 Å². The summed E-state index contributed by atoms with van der Waals surface area (Å²) in [6, 6.07) is 2.90. The van der Waals surface area contributed by atoms with Crippen molar-refractivity contribution in [1.82, 2.24) is 4.98 Å². The summed E-state index contributed by atoms with van der Waals surface area (Å²) < 4.78 is 0.676. The predicted molar refractivity (Wildman–Crippen MR) is 54.2 cm³/mol. The Labute approximate surface area is 84.7 Å². The van der Waals surface area contributed by atoms with Gasteiger partial charge in [-0.3, -0.25) is 4.79 Å². The minimum Gasteiger partial charge on any atom is -0.325 e. The van der Waals surface area contributed by atoms with E-state index in [2.05, 4.69) is 26.2 Å². The number of aromatic nitrogens is 1. The third kappa shape index (κ3) is 3.12. The topological polar surface area (TPSA) is 68.0 Å². The van der Waals surface area contributed by atoms with Gasteiger partial charge in [-0.1, -0.05) is 0 Å². The van der Waals surface area contributed by atoms with Crippen LogP contribution >= 0.6 is 15.9 Å². The molecule has 5 heteroatoms. The van der Waals surface area contributed by atoms with Gasteiger partial charge in [0.15, 0.2) is 0 Å². The highest BCUT2D eigenvalue weighted by Crippen LogP contribution is 2.12. The molecule has 1 amide bonds. The standard InChI is InChI=1S/C8H10BrN3O/c1-5(10)8(13)12-6-2-3-11-7(9)4-6/h2-5H,10H2,1H3,(H,11,12,13)/t5-/m0/s1. The Morgan fingerprint density at radius 1 is 1.77 bits per heavy atom. The zero-order chi connectivity index (χ0) is 9.84. The summed E-state index contributed by atoms with van der Waals surface area (Å²) in [6.07, 6.45) is 1.60. The summed E-state index contributed by atoms with van der Waals surface area (Å²) in [6.45, 7) is 1.63. The molecular weight excluding hydrogens is 234 g/mol. The first-order valence-electron chi connectivity index (χ1n) is 3.77. The molecule has 3 N–H and O–H groups in total. The predicted octanol–water partition coefficient (Wildman–Crippen LogP) is 1.13. The lowest BCUT2D eigenvalue weighted by Crippen LogP contribution is -2.32. The lowest BCUT2D eigenvalue weighted by atomic mass is 10.3. The summed E-state index contributed by atoms with van der Waals surface area (Å²) in [5.74, 6) is -0.210. The van der Waals surface area contributed by atoms with Gasteiger partial charge in [0.25, 0.3) is 0 Å². The van der Waals surface area contributed by atoms with Gasteiger partial charge in [0, 0.05) is 11.9 Å². The zero-order valence-corrected chi connectivity index (χ0v) is 8.71. The van der Waals surface area contributed by atoms with Crippen molar-refractivity contribution in [3.8, 4) is 0 Å². The van der Waals surface area contributed by atoms with E-state index in [0.717, 1.165) is 0 Å². The molecule has 0 aromatic carbocycles. The van der Waals surface area contributed by atoms with Crippen LogP contribution in [0.2, 0.25) is 0 Å². The smallest absolute Gasteiger partial charge is 0.241 e. The fourth-order valence-electron chi connectivity index (χ4n) is 0.736. The quantitative estimate of drug-likeness (QED) is 0.766. The monoisotopic (exact) mass is 243 g/mol. The first kappa shape index (κ1) is 10.1. The van der Waals surface area contributed by atoms with Crippen molar-refractivity contribution < 1.29 is 4.79 Å². The van der Waals surface area contributed by atoms with Gasteiger partial charge in [0.2, 0.25) is 5.91 Å². The molecule has 1 aromatic rings. The van der Waals surface area contributed by atoms with Crippen LogP contribution in [-0.4, -0.2) is 16.9 Å². The van der Waals surface area contributed by atoms with Crippen molar-refractivity contribution in [2.24, 2.45) is 5.73 Å². The van der Waals surface area contributed by atoms with E-state index in [1.165, 1.54) is 0 Å². The second-order valence-corrected chi connectivity index (χ2v) is 3.46. The van der Waals surface area contributed by atoms with Crippen LogP contribution in [0.3, 0.4) is 0 Å². The normalized spacial score (nSPS) is 12.2. The van der Waals surface area contributed by atoms with Crippen molar-refractivity contribution in [2.45, 2.75) is 13.0 Å². The molecule has 4 nitrogen and oxygen atoms in total. The summed E-state index contributed by atoms with van der Waals surface area (Å²) in [5.41, 5.74) is 6.07. The van der Waals surface area contributed by atoms with Crippen LogP contribution in [0.4, 0.5) is 5.69 Å². The van der Waals surface area contributed by atoms with Crippen LogP contribution in [0.1, 0.15) is 6.92 Å². The van der Waals surface area contributed by atoms with Gasteiger partial charge in [-0.05, 0) is 35.0 Å². The molecule has 13 heavy (non-hydrogen) atoms. The number of nitrogens with two attached hydrogens (primary N) is 1.